The van der Waals surface area contributed by atoms with Crippen LogP contribution >= 0.6 is 0 Å². The Labute approximate surface area is 117 Å². The Morgan fingerprint density at radius 3 is 2.72 bits per heavy atom. The average Bonchev–Trinajstić information content (AvgIpc) is 2.26. The fourth-order valence-corrected chi connectivity index (χ4v) is 2.51. The van der Waals surface area contributed by atoms with E-state index in [0.29, 0.717) is 6.54 Å². The predicted molar refractivity (Wildman–Crippen MR) is 72.2 cm³/mol. The summed E-state index contributed by atoms with van der Waals surface area (Å²) in [5.74, 6) is 0. The zero-order chi connectivity index (χ0) is 13.3. The van der Waals surface area contributed by atoms with Gasteiger partial charge in [-0.3, -0.25) is 0 Å². The molecule has 0 saturated heterocycles. The number of hydrogen-bond donors (Lipinski definition) is 0. The second-order valence-corrected chi connectivity index (χ2v) is 6.69. The summed E-state index contributed by atoms with van der Waals surface area (Å²) in [6, 6.07) is 6.35. The molecule has 18 heavy (non-hydrogen) atoms. The third-order valence-corrected chi connectivity index (χ3v) is 3.44. The number of hydrogen-bond acceptors (Lipinski definition) is 2. The molecule has 0 unspecified atom stereocenters. The molecular weight excluding hydrogens is 289 g/mol. The molecule has 1 amide bonds. The summed E-state index contributed by atoms with van der Waals surface area (Å²) in [7, 11) is 0. The van der Waals surface area contributed by atoms with Gasteiger partial charge in [0.15, 0.2) is 0 Å². The number of rotatable bonds is 0. The van der Waals surface area contributed by atoms with Gasteiger partial charge in [0.2, 0.25) is 0 Å². The fraction of sp³-hybridized carbons (Fsp3) is 0.500. The quantitative estimate of drug-likeness (QED) is 0.684. The Balaban J connectivity index is 2.08. The van der Waals surface area contributed by atoms with Crippen molar-refractivity contribution in [1.29, 1.82) is 0 Å². The predicted octanol–water partition coefficient (Wildman–Crippen LogP) is 1.77. The van der Waals surface area contributed by atoms with Crippen molar-refractivity contribution in [3.05, 3.63) is 29.3 Å². The Bertz CT molecular complexity index is 465. The molecule has 96 valence electrons. The van der Waals surface area contributed by atoms with Crippen LogP contribution in [0.4, 0.5) is 4.79 Å². The van der Waals surface area contributed by atoms with Gasteiger partial charge < -0.3 is 0 Å². The molecule has 1 aromatic rings. The number of benzene rings is 1. The van der Waals surface area contributed by atoms with Crippen LogP contribution in [0.5, 0.6) is 0 Å². The molecule has 3 nitrogen and oxygen atoms in total. The van der Waals surface area contributed by atoms with E-state index in [-0.39, 0.29) is 6.09 Å². The molecule has 0 fully saturated rings. The maximum atomic E-state index is 12.0. The molecule has 0 N–H and O–H groups in total. The van der Waals surface area contributed by atoms with Crippen LogP contribution < -0.4 is 4.35 Å². The van der Waals surface area contributed by atoms with Gasteiger partial charge in [-0.15, -0.1) is 0 Å². The Morgan fingerprint density at radius 1 is 1.33 bits per heavy atom. The second kappa shape index (κ2) is 4.97. The first-order chi connectivity index (χ1) is 8.35. The monoisotopic (exact) mass is 307 g/mol. The van der Waals surface area contributed by atoms with Crippen LogP contribution in [-0.4, -0.2) is 40.0 Å². The van der Waals surface area contributed by atoms with E-state index in [1.807, 2.05) is 20.8 Å². The van der Waals surface area contributed by atoms with E-state index in [9.17, 15) is 4.79 Å². The normalized spacial score (nSPS) is 15.2. The molecule has 2 rings (SSSR count). The summed E-state index contributed by atoms with van der Waals surface area (Å²) in [5.41, 5.74) is 2.14. The number of ether oxygens (including phenoxy) is 1. The van der Waals surface area contributed by atoms with Crippen LogP contribution in [0, 0.1) is 0 Å². The van der Waals surface area contributed by atoms with Crippen molar-refractivity contribution in [3.8, 4) is 0 Å². The summed E-state index contributed by atoms with van der Waals surface area (Å²) >= 11 is 2.55. The maximum absolute atomic E-state index is 12.0. The Kier molecular flexibility index (Phi) is 3.72. The number of fused-ring (bicyclic) bond motifs is 1. The van der Waals surface area contributed by atoms with Crippen LogP contribution in [0.25, 0.3) is 0 Å². The van der Waals surface area contributed by atoms with Gasteiger partial charge in [-0.2, -0.15) is 0 Å². The second-order valence-electron chi connectivity index (χ2n) is 5.60. The summed E-state index contributed by atoms with van der Waals surface area (Å²) < 4.78 is 6.61. The molecule has 0 spiro atoms. The van der Waals surface area contributed by atoms with E-state index >= 15 is 0 Å². The van der Waals surface area contributed by atoms with Gasteiger partial charge in [0, 0.05) is 0 Å². The van der Waals surface area contributed by atoms with Crippen LogP contribution in [0.3, 0.4) is 0 Å². The van der Waals surface area contributed by atoms with Crippen molar-refractivity contribution in [2.45, 2.75) is 39.3 Å². The van der Waals surface area contributed by atoms with Crippen molar-refractivity contribution in [1.82, 2.24) is 4.90 Å². The summed E-state index contributed by atoms with van der Waals surface area (Å²) in [4.78, 5) is 13.8. The molecule has 4 heteroatoms. The van der Waals surface area contributed by atoms with E-state index < -0.39 is 5.60 Å². The van der Waals surface area contributed by atoms with Gasteiger partial charge in [-0.25, -0.2) is 0 Å². The first kappa shape index (κ1) is 13.5. The number of carbonyl (C=O) groups is 1. The summed E-state index contributed by atoms with van der Waals surface area (Å²) in [6.45, 7) is 7.06. The molecular formula is C14H18AsNO2. The van der Waals surface area contributed by atoms with Crippen LogP contribution in [0.1, 0.15) is 31.9 Å². The molecule has 2 radical (unpaired) electrons. The van der Waals surface area contributed by atoms with Gasteiger partial charge in [-0.05, 0) is 0 Å². The SMILES string of the molecule is CC(C)(C)OC(=O)N1CCc2cc([As])ccc2C1. The van der Waals surface area contributed by atoms with Crippen molar-refractivity contribution in [2.75, 3.05) is 6.54 Å². The molecule has 0 saturated carbocycles. The van der Waals surface area contributed by atoms with Crippen molar-refractivity contribution < 1.29 is 9.53 Å². The molecule has 1 heterocycles. The van der Waals surface area contributed by atoms with Gasteiger partial charge >= 0.3 is 117 Å². The van der Waals surface area contributed by atoms with E-state index in [4.69, 9.17) is 4.74 Å². The topological polar surface area (TPSA) is 29.5 Å². The first-order valence-corrected chi connectivity index (χ1v) is 7.08. The van der Waals surface area contributed by atoms with Gasteiger partial charge in [-0.1, -0.05) is 0 Å². The van der Waals surface area contributed by atoms with E-state index in [1.54, 1.807) is 4.90 Å². The average molecular weight is 307 g/mol. The Morgan fingerprint density at radius 2 is 2.06 bits per heavy atom. The first-order valence-electron chi connectivity index (χ1n) is 6.14. The van der Waals surface area contributed by atoms with E-state index in [2.05, 4.69) is 35.1 Å². The van der Waals surface area contributed by atoms with Crippen molar-refractivity contribution in [3.63, 3.8) is 0 Å². The minimum absolute atomic E-state index is 0.218. The van der Waals surface area contributed by atoms with E-state index in [0.717, 1.165) is 13.0 Å². The minimum atomic E-state index is -0.428. The molecule has 1 aromatic carbocycles. The fourth-order valence-electron chi connectivity index (χ4n) is 2.02. The molecule has 0 bridgehead atoms. The van der Waals surface area contributed by atoms with Gasteiger partial charge in [0.1, 0.15) is 0 Å². The van der Waals surface area contributed by atoms with Crippen molar-refractivity contribution in [2.24, 2.45) is 0 Å². The van der Waals surface area contributed by atoms with Crippen LogP contribution in [0.15, 0.2) is 18.2 Å². The standard InChI is InChI=1S/C14H18AsNO2/c1-14(2,3)18-13(17)16-7-6-10-8-12(15)5-4-11(10)9-16/h4-5,8H,6-7,9H2,1-3H3. The zero-order valence-corrected chi connectivity index (χ0v) is 12.9. The van der Waals surface area contributed by atoms with E-state index in [1.165, 1.54) is 15.5 Å². The summed E-state index contributed by atoms with van der Waals surface area (Å²) in [6.07, 6.45) is 0.685. The molecule has 1 aliphatic heterocycles. The number of carbonyl (C=O) groups excluding carboxylic acids is 1. The molecule has 0 aromatic heterocycles. The number of nitrogens with zero attached hydrogens (tertiary/aromatic N) is 1. The Hall–Kier alpha value is -0.952. The number of amides is 1. The zero-order valence-electron chi connectivity index (χ0n) is 11.1. The third-order valence-electron chi connectivity index (χ3n) is 2.85. The van der Waals surface area contributed by atoms with Crippen molar-refractivity contribution >= 4 is 27.3 Å². The third kappa shape index (κ3) is 3.29. The molecule has 0 atom stereocenters. The van der Waals surface area contributed by atoms with Crippen LogP contribution in [-0.2, 0) is 17.7 Å². The molecule has 0 aliphatic carbocycles. The van der Waals surface area contributed by atoms with Crippen LogP contribution in [0.2, 0.25) is 0 Å². The van der Waals surface area contributed by atoms with Gasteiger partial charge in [0.05, 0.1) is 0 Å². The molecule has 1 aliphatic rings. The van der Waals surface area contributed by atoms with Gasteiger partial charge in [0.25, 0.3) is 0 Å². The summed E-state index contributed by atoms with van der Waals surface area (Å²) in [5, 5.41) is 0.